The standard InChI is InChI=1S/C29H30Cl3N3O4S/c1-20(29(37)33-24-7-5-6-8-24)34(18-21-11-13-22(30)14-12-21)28(36)19-35(27-16-15-23(31)17-26(27)32)40(38,39)25-9-3-2-4-10-25/h2-4,9-17,20,24H,5-8,18-19H2,1H3,(H,33,37)/t20-/m0/s1. The number of halogens is 3. The van der Waals surface area contributed by atoms with Crippen LogP contribution in [-0.2, 0) is 26.2 Å². The van der Waals surface area contributed by atoms with Crippen LogP contribution in [0.2, 0.25) is 15.1 Å². The minimum Gasteiger partial charge on any atom is -0.352 e. The Balaban J connectivity index is 1.70. The van der Waals surface area contributed by atoms with Gasteiger partial charge in [-0.15, -0.1) is 0 Å². The van der Waals surface area contributed by atoms with Gasteiger partial charge in [0, 0.05) is 22.6 Å². The predicted octanol–water partition coefficient (Wildman–Crippen LogP) is 6.32. The van der Waals surface area contributed by atoms with Crippen molar-refractivity contribution in [1.29, 1.82) is 0 Å². The lowest BCUT2D eigenvalue weighted by Gasteiger charge is -2.32. The molecule has 1 fully saturated rings. The Morgan fingerprint density at radius 1 is 0.925 bits per heavy atom. The van der Waals surface area contributed by atoms with E-state index in [2.05, 4.69) is 5.32 Å². The molecule has 1 aliphatic carbocycles. The summed E-state index contributed by atoms with van der Waals surface area (Å²) in [7, 11) is -4.22. The van der Waals surface area contributed by atoms with Crippen molar-refractivity contribution < 1.29 is 18.0 Å². The predicted molar refractivity (Wildman–Crippen MR) is 159 cm³/mol. The molecule has 11 heteroatoms. The summed E-state index contributed by atoms with van der Waals surface area (Å²) in [5.41, 5.74) is 0.832. The van der Waals surface area contributed by atoms with E-state index in [-0.39, 0.29) is 34.1 Å². The number of hydrogen-bond acceptors (Lipinski definition) is 4. The van der Waals surface area contributed by atoms with Gasteiger partial charge in [0.25, 0.3) is 10.0 Å². The summed E-state index contributed by atoms with van der Waals surface area (Å²) in [6, 6.07) is 18.3. The molecule has 0 heterocycles. The highest BCUT2D eigenvalue weighted by atomic mass is 35.5. The van der Waals surface area contributed by atoms with E-state index in [1.165, 1.54) is 35.2 Å². The number of rotatable bonds is 10. The number of benzene rings is 3. The molecule has 212 valence electrons. The molecular weight excluding hydrogens is 593 g/mol. The Morgan fingerprint density at radius 3 is 2.17 bits per heavy atom. The van der Waals surface area contributed by atoms with Crippen LogP contribution in [0.4, 0.5) is 5.69 Å². The highest BCUT2D eigenvalue weighted by Crippen LogP contribution is 2.33. The summed E-state index contributed by atoms with van der Waals surface area (Å²) < 4.78 is 28.6. The Bertz CT molecular complexity index is 1450. The summed E-state index contributed by atoms with van der Waals surface area (Å²) in [6.07, 6.45) is 3.87. The van der Waals surface area contributed by atoms with Gasteiger partial charge in [-0.25, -0.2) is 8.42 Å². The highest BCUT2D eigenvalue weighted by molar-refractivity contribution is 7.92. The third-order valence-electron chi connectivity index (χ3n) is 6.92. The summed E-state index contributed by atoms with van der Waals surface area (Å²) in [5.74, 6) is -0.870. The number of carbonyl (C=O) groups excluding carboxylic acids is 2. The lowest BCUT2D eigenvalue weighted by molar-refractivity contribution is -0.139. The fraction of sp³-hybridized carbons (Fsp3) is 0.310. The molecule has 0 unspecified atom stereocenters. The first kappa shape index (κ1) is 30.2. The third-order valence-corrected chi connectivity index (χ3v) is 9.49. The van der Waals surface area contributed by atoms with Gasteiger partial charge in [-0.1, -0.05) is 78.0 Å². The number of hydrogen-bond donors (Lipinski definition) is 1. The van der Waals surface area contributed by atoms with Crippen molar-refractivity contribution in [2.24, 2.45) is 0 Å². The highest BCUT2D eigenvalue weighted by Gasteiger charge is 2.34. The van der Waals surface area contributed by atoms with Crippen LogP contribution in [0.1, 0.15) is 38.2 Å². The molecule has 1 N–H and O–H groups in total. The van der Waals surface area contributed by atoms with E-state index in [4.69, 9.17) is 34.8 Å². The van der Waals surface area contributed by atoms with Gasteiger partial charge in [0.05, 0.1) is 15.6 Å². The van der Waals surface area contributed by atoms with Gasteiger partial charge in [0.2, 0.25) is 11.8 Å². The van der Waals surface area contributed by atoms with Crippen LogP contribution in [0.3, 0.4) is 0 Å². The quantitative estimate of drug-likeness (QED) is 0.287. The van der Waals surface area contributed by atoms with Gasteiger partial charge < -0.3 is 10.2 Å². The Morgan fingerprint density at radius 2 is 1.55 bits per heavy atom. The van der Waals surface area contributed by atoms with Crippen LogP contribution in [-0.4, -0.2) is 43.8 Å². The maximum Gasteiger partial charge on any atom is 0.264 e. The number of anilines is 1. The van der Waals surface area contributed by atoms with E-state index >= 15 is 0 Å². The molecule has 3 aromatic rings. The van der Waals surface area contributed by atoms with Gasteiger partial charge >= 0.3 is 0 Å². The lowest BCUT2D eigenvalue weighted by Crippen LogP contribution is -2.52. The van der Waals surface area contributed by atoms with Crippen molar-refractivity contribution in [1.82, 2.24) is 10.2 Å². The number of carbonyl (C=O) groups is 2. The summed E-state index contributed by atoms with van der Waals surface area (Å²) in [5, 5.41) is 3.96. The second kappa shape index (κ2) is 13.3. The molecular formula is C29H30Cl3N3O4S. The fourth-order valence-electron chi connectivity index (χ4n) is 4.68. The van der Waals surface area contributed by atoms with Gasteiger partial charge in [-0.3, -0.25) is 13.9 Å². The number of nitrogens with zero attached hydrogens (tertiary/aromatic N) is 2. The molecule has 0 aromatic heterocycles. The minimum absolute atomic E-state index is 0.00917. The molecule has 3 aromatic carbocycles. The van der Waals surface area contributed by atoms with E-state index in [0.29, 0.717) is 10.0 Å². The molecule has 7 nitrogen and oxygen atoms in total. The van der Waals surface area contributed by atoms with Gasteiger partial charge in [-0.2, -0.15) is 0 Å². The number of amides is 2. The monoisotopic (exact) mass is 621 g/mol. The van der Waals surface area contributed by atoms with E-state index < -0.39 is 28.5 Å². The van der Waals surface area contributed by atoms with Crippen LogP contribution in [0.15, 0.2) is 77.7 Å². The van der Waals surface area contributed by atoms with Crippen molar-refractivity contribution in [2.75, 3.05) is 10.8 Å². The average Bonchev–Trinajstić information content (AvgIpc) is 3.45. The van der Waals surface area contributed by atoms with Crippen LogP contribution in [0, 0.1) is 0 Å². The van der Waals surface area contributed by atoms with Crippen molar-refractivity contribution in [3.63, 3.8) is 0 Å². The molecule has 4 rings (SSSR count). The molecule has 1 atom stereocenters. The topological polar surface area (TPSA) is 86.8 Å². The van der Waals surface area contributed by atoms with Gasteiger partial charge in [-0.05, 0) is 67.8 Å². The molecule has 0 saturated heterocycles. The van der Waals surface area contributed by atoms with E-state index in [0.717, 1.165) is 35.6 Å². The minimum atomic E-state index is -4.22. The summed E-state index contributed by atoms with van der Waals surface area (Å²) in [6.45, 7) is 1.12. The molecule has 1 saturated carbocycles. The van der Waals surface area contributed by atoms with Crippen LogP contribution in [0.5, 0.6) is 0 Å². The smallest absolute Gasteiger partial charge is 0.264 e. The number of sulfonamides is 1. The maximum atomic E-state index is 14.0. The SMILES string of the molecule is C[C@@H](C(=O)NC1CCCC1)N(Cc1ccc(Cl)cc1)C(=O)CN(c1ccc(Cl)cc1Cl)S(=O)(=O)c1ccccc1. The van der Waals surface area contributed by atoms with Crippen molar-refractivity contribution in [3.8, 4) is 0 Å². The molecule has 2 amide bonds. The maximum absolute atomic E-state index is 14.0. The molecule has 40 heavy (non-hydrogen) atoms. The van der Waals surface area contributed by atoms with Crippen LogP contribution < -0.4 is 9.62 Å². The lowest BCUT2D eigenvalue weighted by atomic mass is 10.1. The third kappa shape index (κ3) is 7.29. The first-order chi connectivity index (χ1) is 19.1. The number of nitrogens with one attached hydrogen (secondary N) is 1. The largest absolute Gasteiger partial charge is 0.352 e. The normalized spacial score (nSPS) is 14.5. The first-order valence-corrected chi connectivity index (χ1v) is 15.5. The molecule has 0 radical (unpaired) electrons. The van der Waals surface area contributed by atoms with Gasteiger partial charge in [0.15, 0.2) is 0 Å². The Hall–Kier alpha value is -2.78. The molecule has 0 aliphatic heterocycles. The van der Waals surface area contributed by atoms with E-state index in [1.807, 2.05) is 0 Å². The zero-order chi connectivity index (χ0) is 28.9. The zero-order valence-corrected chi connectivity index (χ0v) is 25.0. The molecule has 0 spiro atoms. The fourth-order valence-corrected chi connectivity index (χ4v) is 6.82. The zero-order valence-electron chi connectivity index (χ0n) is 21.9. The Kier molecular flexibility index (Phi) is 10.0. The van der Waals surface area contributed by atoms with E-state index in [1.54, 1.807) is 49.4 Å². The van der Waals surface area contributed by atoms with Crippen LogP contribution in [0.25, 0.3) is 0 Å². The van der Waals surface area contributed by atoms with Crippen LogP contribution >= 0.6 is 34.8 Å². The molecule has 0 bridgehead atoms. The summed E-state index contributed by atoms with van der Waals surface area (Å²) in [4.78, 5) is 28.6. The second-order valence-electron chi connectivity index (χ2n) is 9.73. The van der Waals surface area contributed by atoms with E-state index in [9.17, 15) is 18.0 Å². The van der Waals surface area contributed by atoms with Crippen molar-refractivity contribution in [2.45, 2.75) is 56.1 Å². The van der Waals surface area contributed by atoms with Gasteiger partial charge in [0.1, 0.15) is 12.6 Å². The van der Waals surface area contributed by atoms with Crippen molar-refractivity contribution >= 4 is 62.3 Å². The van der Waals surface area contributed by atoms with Crippen molar-refractivity contribution in [3.05, 3.63) is 93.4 Å². The summed E-state index contributed by atoms with van der Waals surface area (Å²) >= 11 is 18.6. The Labute approximate surface area is 250 Å². The molecule has 1 aliphatic rings. The first-order valence-electron chi connectivity index (χ1n) is 12.9. The second-order valence-corrected chi connectivity index (χ2v) is 12.9. The average molecular weight is 623 g/mol.